The van der Waals surface area contributed by atoms with E-state index in [4.69, 9.17) is 9.47 Å². The molecule has 0 aromatic heterocycles. The first-order valence-electron chi connectivity index (χ1n) is 9.52. The Morgan fingerprint density at radius 3 is 2.53 bits per heavy atom. The molecule has 0 atom stereocenters. The SMILES string of the molecule is CCOc1cc(/C=C(/C#N)c2cccc(F)c2)cc(I)c1OCc1ccc(C)cc1. The van der Waals surface area contributed by atoms with Gasteiger partial charge in [0.15, 0.2) is 11.5 Å². The lowest BCUT2D eigenvalue weighted by atomic mass is 10.0. The van der Waals surface area contributed by atoms with Gasteiger partial charge in [0.2, 0.25) is 0 Å². The molecular formula is C25H21FINO2. The molecule has 30 heavy (non-hydrogen) atoms. The fraction of sp³-hybridized carbons (Fsp3) is 0.160. The zero-order valence-electron chi connectivity index (χ0n) is 16.8. The number of nitrogens with zero attached hydrogens (tertiary/aromatic N) is 1. The molecule has 0 aliphatic heterocycles. The third kappa shape index (κ3) is 5.61. The minimum absolute atomic E-state index is 0.376. The first-order valence-corrected chi connectivity index (χ1v) is 10.6. The first kappa shape index (κ1) is 21.8. The summed E-state index contributed by atoms with van der Waals surface area (Å²) in [7, 11) is 0. The van der Waals surface area contributed by atoms with Crippen molar-refractivity contribution < 1.29 is 13.9 Å². The van der Waals surface area contributed by atoms with Gasteiger partial charge in [-0.05, 0) is 83.5 Å². The van der Waals surface area contributed by atoms with E-state index in [1.807, 2.05) is 38.1 Å². The Kier molecular flexibility index (Phi) is 7.47. The van der Waals surface area contributed by atoms with E-state index in [-0.39, 0.29) is 5.82 Å². The van der Waals surface area contributed by atoms with E-state index >= 15 is 0 Å². The van der Waals surface area contributed by atoms with Crippen LogP contribution in [0.15, 0.2) is 60.7 Å². The van der Waals surface area contributed by atoms with Gasteiger partial charge in [0.25, 0.3) is 0 Å². The molecule has 5 heteroatoms. The van der Waals surface area contributed by atoms with Gasteiger partial charge < -0.3 is 9.47 Å². The topological polar surface area (TPSA) is 42.2 Å². The Hall–Kier alpha value is -2.85. The molecule has 152 valence electrons. The van der Waals surface area contributed by atoms with Crippen LogP contribution in [0, 0.1) is 27.6 Å². The highest BCUT2D eigenvalue weighted by atomic mass is 127. The predicted octanol–water partition coefficient (Wildman–Crippen LogP) is 6.78. The summed E-state index contributed by atoms with van der Waals surface area (Å²) in [6.45, 7) is 4.87. The van der Waals surface area contributed by atoms with Crippen LogP contribution in [0.4, 0.5) is 4.39 Å². The highest BCUT2D eigenvalue weighted by Gasteiger charge is 2.13. The molecule has 3 aromatic carbocycles. The van der Waals surface area contributed by atoms with Crippen molar-refractivity contribution in [1.29, 1.82) is 5.26 Å². The molecule has 0 spiro atoms. The van der Waals surface area contributed by atoms with Crippen molar-refractivity contribution in [2.24, 2.45) is 0 Å². The molecule has 3 rings (SSSR count). The summed E-state index contributed by atoms with van der Waals surface area (Å²) in [5, 5.41) is 9.56. The van der Waals surface area contributed by atoms with Gasteiger partial charge in [0, 0.05) is 0 Å². The number of benzene rings is 3. The molecule has 3 nitrogen and oxygen atoms in total. The quantitative estimate of drug-likeness (QED) is 0.199. The van der Waals surface area contributed by atoms with Gasteiger partial charge in [-0.15, -0.1) is 0 Å². The standard InChI is InChI=1S/C25H21FINO2/c1-3-29-24-13-19(11-21(15-28)20-5-4-6-22(26)14-20)12-23(27)25(24)30-16-18-9-7-17(2)8-10-18/h4-14H,3,16H2,1-2H3/b21-11-. The number of allylic oxidation sites excluding steroid dienone is 1. The van der Waals surface area contributed by atoms with Crippen LogP contribution in [-0.2, 0) is 6.61 Å². The predicted molar refractivity (Wildman–Crippen MR) is 126 cm³/mol. The van der Waals surface area contributed by atoms with Crippen LogP contribution in [0.5, 0.6) is 11.5 Å². The monoisotopic (exact) mass is 513 g/mol. The summed E-state index contributed by atoms with van der Waals surface area (Å²) in [6.07, 6.45) is 1.73. The molecule has 0 fully saturated rings. The van der Waals surface area contributed by atoms with E-state index in [0.29, 0.717) is 35.8 Å². The molecule has 0 radical (unpaired) electrons. The van der Waals surface area contributed by atoms with Crippen LogP contribution in [0.1, 0.15) is 29.2 Å². The Bertz CT molecular complexity index is 1100. The lowest BCUT2D eigenvalue weighted by molar-refractivity contribution is 0.267. The number of hydrogen-bond acceptors (Lipinski definition) is 3. The highest BCUT2D eigenvalue weighted by molar-refractivity contribution is 14.1. The average molecular weight is 513 g/mol. The van der Waals surface area contributed by atoms with E-state index in [1.54, 1.807) is 18.2 Å². The largest absolute Gasteiger partial charge is 0.490 e. The van der Waals surface area contributed by atoms with E-state index in [9.17, 15) is 9.65 Å². The second kappa shape index (κ2) is 10.3. The van der Waals surface area contributed by atoms with Crippen LogP contribution in [-0.4, -0.2) is 6.61 Å². The van der Waals surface area contributed by atoms with Crippen LogP contribution in [0.2, 0.25) is 0 Å². The minimum Gasteiger partial charge on any atom is -0.490 e. The Morgan fingerprint density at radius 1 is 1.10 bits per heavy atom. The van der Waals surface area contributed by atoms with Crippen molar-refractivity contribution in [3.63, 3.8) is 0 Å². The number of ether oxygens (including phenoxy) is 2. The van der Waals surface area contributed by atoms with Crippen molar-refractivity contribution in [3.05, 3.63) is 92.3 Å². The van der Waals surface area contributed by atoms with Crippen molar-refractivity contribution in [3.8, 4) is 17.6 Å². The normalized spacial score (nSPS) is 11.1. The molecule has 0 heterocycles. The van der Waals surface area contributed by atoms with Crippen LogP contribution < -0.4 is 9.47 Å². The average Bonchev–Trinajstić information content (AvgIpc) is 2.73. The lowest BCUT2D eigenvalue weighted by Gasteiger charge is -2.15. The van der Waals surface area contributed by atoms with Crippen molar-refractivity contribution in [1.82, 2.24) is 0 Å². The van der Waals surface area contributed by atoms with E-state index in [2.05, 4.69) is 40.8 Å². The van der Waals surface area contributed by atoms with E-state index in [0.717, 1.165) is 14.7 Å². The molecule has 0 bridgehead atoms. The fourth-order valence-corrected chi connectivity index (χ4v) is 3.70. The molecule has 0 aliphatic carbocycles. The van der Waals surface area contributed by atoms with Crippen molar-refractivity contribution >= 4 is 34.2 Å². The second-order valence-electron chi connectivity index (χ2n) is 6.72. The smallest absolute Gasteiger partial charge is 0.175 e. The molecule has 0 unspecified atom stereocenters. The van der Waals surface area contributed by atoms with Crippen LogP contribution in [0.3, 0.4) is 0 Å². The highest BCUT2D eigenvalue weighted by Crippen LogP contribution is 2.36. The fourth-order valence-electron chi connectivity index (χ4n) is 2.92. The number of hydrogen-bond donors (Lipinski definition) is 0. The van der Waals surface area contributed by atoms with Gasteiger partial charge in [-0.2, -0.15) is 5.26 Å². The molecule has 0 N–H and O–H groups in total. The summed E-state index contributed by atoms with van der Waals surface area (Å²) < 4.78 is 26.3. The van der Waals surface area contributed by atoms with Gasteiger partial charge in [-0.3, -0.25) is 0 Å². The molecular weight excluding hydrogens is 492 g/mol. The summed E-state index contributed by atoms with van der Waals surface area (Å²) in [5.41, 5.74) is 3.96. The molecule has 3 aromatic rings. The Balaban J connectivity index is 1.92. The zero-order chi connectivity index (χ0) is 21.5. The Morgan fingerprint density at radius 2 is 1.87 bits per heavy atom. The van der Waals surface area contributed by atoms with Gasteiger partial charge in [-0.25, -0.2) is 4.39 Å². The number of halogens is 2. The van der Waals surface area contributed by atoms with Gasteiger partial charge in [0.1, 0.15) is 12.4 Å². The summed E-state index contributed by atoms with van der Waals surface area (Å²) >= 11 is 2.20. The second-order valence-corrected chi connectivity index (χ2v) is 7.88. The van der Waals surface area contributed by atoms with Crippen LogP contribution in [0.25, 0.3) is 11.6 Å². The number of aryl methyl sites for hydroxylation is 1. The zero-order valence-corrected chi connectivity index (χ0v) is 18.9. The van der Waals surface area contributed by atoms with Gasteiger partial charge in [0.05, 0.1) is 21.8 Å². The van der Waals surface area contributed by atoms with Crippen molar-refractivity contribution in [2.75, 3.05) is 6.61 Å². The maximum absolute atomic E-state index is 13.6. The van der Waals surface area contributed by atoms with Gasteiger partial charge in [-0.1, -0.05) is 42.0 Å². The maximum Gasteiger partial charge on any atom is 0.175 e. The minimum atomic E-state index is -0.377. The first-order chi connectivity index (χ1) is 14.5. The molecule has 0 aliphatic rings. The van der Waals surface area contributed by atoms with Crippen molar-refractivity contribution in [2.45, 2.75) is 20.5 Å². The summed E-state index contributed by atoms with van der Waals surface area (Å²) in [6, 6.07) is 20.1. The maximum atomic E-state index is 13.6. The third-order valence-corrected chi connectivity index (χ3v) is 5.20. The summed E-state index contributed by atoms with van der Waals surface area (Å²) in [5.74, 6) is 0.900. The Labute approximate surface area is 189 Å². The van der Waals surface area contributed by atoms with Crippen LogP contribution >= 0.6 is 22.6 Å². The lowest BCUT2D eigenvalue weighted by Crippen LogP contribution is -2.02. The number of rotatable bonds is 7. The summed E-state index contributed by atoms with van der Waals surface area (Å²) in [4.78, 5) is 0. The number of nitriles is 1. The van der Waals surface area contributed by atoms with E-state index < -0.39 is 0 Å². The molecule has 0 amide bonds. The molecule has 0 saturated heterocycles. The molecule has 0 saturated carbocycles. The third-order valence-electron chi connectivity index (χ3n) is 4.40. The van der Waals surface area contributed by atoms with E-state index in [1.165, 1.54) is 17.7 Å². The van der Waals surface area contributed by atoms with Gasteiger partial charge >= 0.3 is 0 Å².